The fourth-order valence-electron chi connectivity index (χ4n) is 3.58. The van der Waals surface area contributed by atoms with Crippen LogP contribution < -0.4 is 5.73 Å². The number of thiophene rings is 1. The Labute approximate surface area is 146 Å². The van der Waals surface area contributed by atoms with Crippen LogP contribution in [0.5, 0.6) is 0 Å². The number of benzene rings is 3. The van der Waals surface area contributed by atoms with Crippen LogP contribution in [-0.2, 0) is 0 Å². The van der Waals surface area contributed by atoms with Gasteiger partial charge in [0.2, 0.25) is 0 Å². The molecular formula is C22H21NS. The molecule has 4 rings (SSSR count). The molecule has 1 heterocycles. The van der Waals surface area contributed by atoms with E-state index in [2.05, 4.69) is 79.7 Å². The van der Waals surface area contributed by atoms with Crippen molar-refractivity contribution in [3.05, 3.63) is 83.9 Å². The zero-order chi connectivity index (χ0) is 16.5. The van der Waals surface area contributed by atoms with E-state index in [1.54, 1.807) is 0 Å². The molecule has 2 atom stereocenters. The Morgan fingerprint density at radius 2 is 1.50 bits per heavy atom. The second-order valence-electron chi connectivity index (χ2n) is 6.46. The Balaban J connectivity index is 1.90. The average molecular weight is 331 g/mol. The second kappa shape index (κ2) is 6.39. The van der Waals surface area contributed by atoms with Crippen molar-refractivity contribution in [2.75, 3.05) is 6.54 Å². The molecule has 2 unspecified atom stereocenters. The molecule has 4 aromatic rings. The van der Waals surface area contributed by atoms with E-state index in [0.717, 1.165) is 0 Å². The zero-order valence-corrected chi connectivity index (χ0v) is 14.6. The van der Waals surface area contributed by atoms with Gasteiger partial charge in [-0.1, -0.05) is 61.5 Å². The van der Waals surface area contributed by atoms with Gasteiger partial charge in [-0.05, 0) is 41.8 Å². The maximum atomic E-state index is 6.03. The topological polar surface area (TPSA) is 26.0 Å². The van der Waals surface area contributed by atoms with Gasteiger partial charge in [-0.2, -0.15) is 0 Å². The predicted octanol–water partition coefficient (Wildman–Crippen LogP) is 5.78. The molecule has 1 nitrogen and oxygen atoms in total. The van der Waals surface area contributed by atoms with E-state index < -0.39 is 0 Å². The molecule has 0 fully saturated rings. The lowest BCUT2D eigenvalue weighted by molar-refractivity contribution is 0.524. The molecule has 2 heteroatoms. The third-order valence-corrected chi connectivity index (χ3v) is 6.01. The van der Waals surface area contributed by atoms with Crippen LogP contribution in [0.1, 0.15) is 24.0 Å². The first kappa shape index (κ1) is 15.4. The van der Waals surface area contributed by atoms with E-state index in [-0.39, 0.29) is 0 Å². The lowest BCUT2D eigenvalue weighted by atomic mass is 9.81. The van der Waals surface area contributed by atoms with Gasteiger partial charge in [0, 0.05) is 26.1 Å². The lowest BCUT2D eigenvalue weighted by Gasteiger charge is -2.24. The van der Waals surface area contributed by atoms with Crippen molar-refractivity contribution in [3.8, 4) is 0 Å². The molecule has 0 aliphatic rings. The molecule has 0 aliphatic carbocycles. The Hall–Kier alpha value is -2.16. The summed E-state index contributed by atoms with van der Waals surface area (Å²) in [5, 5.41) is 2.71. The zero-order valence-electron chi connectivity index (χ0n) is 13.8. The molecule has 2 N–H and O–H groups in total. The van der Waals surface area contributed by atoms with Gasteiger partial charge >= 0.3 is 0 Å². The summed E-state index contributed by atoms with van der Waals surface area (Å²) in [7, 11) is 0. The molecule has 24 heavy (non-hydrogen) atoms. The molecule has 0 amide bonds. The van der Waals surface area contributed by atoms with Gasteiger partial charge in [0.25, 0.3) is 0 Å². The van der Waals surface area contributed by atoms with Gasteiger partial charge < -0.3 is 5.73 Å². The largest absolute Gasteiger partial charge is 0.330 e. The Morgan fingerprint density at radius 1 is 0.792 bits per heavy atom. The summed E-state index contributed by atoms with van der Waals surface area (Å²) in [5.41, 5.74) is 8.73. The second-order valence-corrected chi connectivity index (χ2v) is 7.54. The minimum Gasteiger partial charge on any atom is -0.330 e. The number of nitrogens with two attached hydrogens (primary N) is 1. The fourth-order valence-corrected chi connectivity index (χ4v) is 4.67. The van der Waals surface area contributed by atoms with Gasteiger partial charge in [-0.25, -0.2) is 0 Å². The van der Waals surface area contributed by atoms with E-state index >= 15 is 0 Å². The first-order valence-corrected chi connectivity index (χ1v) is 9.26. The van der Waals surface area contributed by atoms with Crippen molar-refractivity contribution in [1.82, 2.24) is 0 Å². The molecule has 120 valence electrons. The van der Waals surface area contributed by atoms with Crippen LogP contribution in [0.2, 0.25) is 0 Å². The summed E-state index contributed by atoms with van der Waals surface area (Å²) >= 11 is 1.87. The summed E-state index contributed by atoms with van der Waals surface area (Å²) in [6.07, 6.45) is 0. The highest BCUT2D eigenvalue weighted by atomic mass is 32.1. The van der Waals surface area contributed by atoms with Crippen molar-refractivity contribution in [2.45, 2.75) is 12.8 Å². The highest BCUT2D eigenvalue weighted by Crippen LogP contribution is 2.38. The van der Waals surface area contributed by atoms with Gasteiger partial charge in [-0.3, -0.25) is 0 Å². The Kier molecular flexibility index (Phi) is 4.09. The van der Waals surface area contributed by atoms with Gasteiger partial charge in [0.1, 0.15) is 0 Å². The summed E-state index contributed by atoms with van der Waals surface area (Å²) in [6.45, 7) is 2.93. The van der Waals surface area contributed by atoms with Crippen LogP contribution in [-0.4, -0.2) is 6.54 Å². The number of hydrogen-bond donors (Lipinski definition) is 1. The molecule has 0 bridgehead atoms. The van der Waals surface area contributed by atoms with Crippen molar-refractivity contribution in [2.24, 2.45) is 11.7 Å². The van der Waals surface area contributed by atoms with Crippen molar-refractivity contribution in [3.63, 3.8) is 0 Å². The molecular weight excluding hydrogens is 310 g/mol. The van der Waals surface area contributed by atoms with E-state index in [9.17, 15) is 0 Å². The molecule has 0 radical (unpaired) electrons. The van der Waals surface area contributed by atoms with Gasteiger partial charge in [-0.15, -0.1) is 11.3 Å². The predicted molar refractivity (Wildman–Crippen MR) is 106 cm³/mol. The summed E-state index contributed by atoms with van der Waals surface area (Å²) < 4.78 is 2.71. The van der Waals surface area contributed by atoms with Crippen LogP contribution in [0.3, 0.4) is 0 Å². The van der Waals surface area contributed by atoms with Crippen LogP contribution >= 0.6 is 11.3 Å². The molecule has 0 saturated carbocycles. The average Bonchev–Trinajstić information content (AvgIpc) is 3.01. The highest BCUT2D eigenvalue weighted by Gasteiger charge is 2.21. The molecule has 3 aromatic carbocycles. The van der Waals surface area contributed by atoms with Crippen molar-refractivity contribution >= 4 is 31.5 Å². The van der Waals surface area contributed by atoms with Crippen molar-refractivity contribution < 1.29 is 0 Å². The maximum absolute atomic E-state index is 6.03. The molecule has 1 aromatic heterocycles. The number of fused-ring (bicyclic) bond motifs is 3. The highest BCUT2D eigenvalue weighted by molar-refractivity contribution is 7.25. The van der Waals surface area contributed by atoms with E-state index in [1.165, 1.54) is 31.3 Å². The van der Waals surface area contributed by atoms with Crippen LogP contribution in [0.15, 0.2) is 72.8 Å². The summed E-state index contributed by atoms with van der Waals surface area (Å²) in [6, 6.07) is 26.3. The SMILES string of the molecule is CC(CN)C(c1ccccc1)c1ccc2sc3ccccc3c2c1. The van der Waals surface area contributed by atoms with E-state index in [1.807, 2.05) is 11.3 Å². The standard InChI is InChI=1S/C22H21NS/c1-15(14-23)22(16-7-3-2-4-8-16)17-11-12-21-19(13-17)18-9-5-6-10-20(18)24-21/h2-13,15,22H,14,23H2,1H3. The third kappa shape index (κ3) is 2.62. The Morgan fingerprint density at radius 3 is 2.29 bits per heavy atom. The minimum atomic E-state index is 0.333. The molecule has 0 aliphatic heterocycles. The van der Waals surface area contributed by atoms with Crippen LogP contribution in [0.4, 0.5) is 0 Å². The smallest absolute Gasteiger partial charge is 0.0355 e. The minimum absolute atomic E-state index is 0.333. The molecule has 0 spiro atoms. The van der Waals surface area contributed by atoms with Gasteiger partial charge in [0.15, 0.2) is 0 Å². The third-order valence-electron chi connectivity index (χ3n) is 4.86. The number of hydrogen-bond acceptors (Lipinski definition) is 2. The quantitative estimate of drug-likeness (QED) is 0.504. The van der Waals surface area contributed by atoms with E-state index in [4.69, 9.17) is 5.73 Å². The van der Waals surface area contributed by atoms with Crippen LogP contribution in [0.25, 0.3) is 20.2 Å². The molecule has 0 saturated heterocycles. The van der Waals surface area contributed by atoms with Crippen molar-refractivity contribution in [1.29, 1.82) is 0 Å². The Bertz CT molecular complexity index is 971. The van der Waals surface area contributed by atoms with Crippen LogP contribution in [0, 0.1) is 5.92 Å². The summed E-state index contributed by atoms with van der Waals surface area (Å²) in [5.74, 6) is 0.731. The van der Waals surface area contributed by atoms with Gasteiger partial charge in [0.05, 0.1) is 0 Å². The maximum Gasteiger partial charge on any atom is 0.0355 e. The fraction of sp³-hybridized carbons (Fsp3) is 0.182. The summed E-state index contributed by atoms with van der Waals surface area (Å²) in [4.78, 5) is 0. The monoisotopic (exact) mass is 331 g/mol. The normalized spacial score (nSPS) is 14.1. The lowest BCUT2D eigenvalue weighted by Crippen LogP contribution is -2.20. The first-order valence-electron chi connectivity index (χ1n) is 8.44. The number of rotatable bonds is 4. The first-order chi connectivity index (χ1) is 11.8. The van der Waals surface area contributed by atoms with E-state index in [0.29, 0.717) is 18.4 Å².